The van der Waals surface area contributed by atoms with Crippen molar-refractivity contribution in [3.8, 4) is 5.75 Å². The molecule has 1 heterocycles. The van der Waals surface area contributed by atoms with Crippen LogP contribution in [0.5, 0.6) is 5.75 Å². The summed E-state index contributed by atoms with van der Waals surface area (Å²) in [6, 6.07) is 5.54. The third-order valence-corrected chi connectivity index (χ3v) is 1.83. The summed E-state index contributed by atoms with van der Waals surface area (Å²) in [6.45, 7) is 0. The molecular formula is C8H6ClNO. The molecule has 0 fully saturated rings. The van der Waals surface area contributed by atoms with E-state index < -0.39 is 0 Å². The van der Waals surface area contributed by atoms with Crippen molar-refractivity contribution in [3.63, 3.8) is 0 Å². The first-order valence-corrected chi connectivity index (χ1v) is 3.63. The lowest BCUT2D eigenvalue weighted by Gasteiger charge is -2.12. The number of nitrogens with one attached hydrogen (secondary N) is 1. The highest BCUT2D eigenvalue weighted by Gasteiger charge is 2.07. The number of rotatable bonds is 0. The minimum absolute atomic E-state index is 0.709. The Morgan fingerprint density at radius 1 is 1.36 bits per heavy atom. The number of hydrogen-bond acceptors (Lipinski definition) is 2. The van der Waals surface area contributed by atoms with E-state index in [0.717, 1.165) is 11.3 Å². The fraction of sp³-hybridized carbons (Fsp3) is 0. The van der Waals surface area contributed by atoms with E-state index in [9.17, 15) is 0 Å². The largest absolute Gasteiger partial charge is 0.382 e. The minimum Gasteiger partial charge on any atom is -0.382 e. The maximum Gasteiger partial charge on any atom is 0.163 e. The summed E-state index contributed by atoms with van der Waals surface area (Å²) < 4.78 is 0. The van der Waals surface area contributed by atoms with Crippen LogP contribution in [0.4, 0.5) is 0 Å². The minimum atomic E-state index is 0.709. The Hall–Kier alpha value is -1.15. The lowest BCUT2D eigenvalue weighted by atomic mass is 10.2. The van der Waals surface area contributed by atoms with Crippen molar-refractivity contribution in [3.05, 3.63) is 35.0 Å². The van der Waals surface area contributed by atoms with Crippen LogP contribution in [0.2, 0.25) is 5.02 Å². The monoisotopic (exact) mass is 167 g/mol. The van der Waals surface area contributed by atoms with E-state index in [2.05, 4.69) is 5.48 Å². The van der Waals surface area contributed by atoms with Gasteiger partial charge in [0.1, 0.15) is 0 Å². The first kappa shape index (κ1) is 6.55. The van der Waals surface area contributed by atoms with Gasteiger partial charge in [-0.1, -0.05) is 17.7 Å². The van der Waals surface area contributed by atoms with Gasteiger partial charge in [-0.05, 0) is 18.2 Å². The van der Waals surface area contributed by atoms with Crippen LogP contribution in [0.3, 0.4) is 0 Å². The van der Waals surface area contributed by atoms with Gasteiger partial charge in [-0.25, -0.2) is 5.48 Å². The molecule has 0 spiro atoms. The molecule has 3 heteroatoms. The van der Waals surface area contributed by atoms with E-state index in [1.807, 2.05) is 24.3 Å². The average Bonchev–Trinajstić information content (AvgIpc) is 2.06. The summed E-state index contributed by atoms with van der Waals surface area (Å²) >= 11 is 5.88. The van der Waals surface area contributed by atoms with E-state index in [1.165, 1.54) is 0 Å². The Labute approximate surface area is 69.4 Å². The third kappa shape index (κ3) is 1.05. The molecule has 1 aromatic carbocycles. The molecular weight excluding hydrogens is 162 g/mol. The lowest BCUT2D eigenvalue weighted by Crippen LogP contribution is -2.14. The molecule has 0 atom stereocenters. The van der Waals surface area contributed by atoms with E-state index in [0.29, 0.717) is 5.02 Å². The van der Waals surface area contributed by atoms with Gasteiger partial charge in [0.05, 0.1) is 5.02 Å². The van der Waals surface area contributed by atoms with Crippen molar-refractivity contribution in [2.75, 3.05) is 0 Å². The van der Waals surface area contributed by atoms with Crippen LogP contribution < -0.4 is 10.3 Å². The highest BCUT2D eigenvalue weighted by Crippen LogP contribution is 2.28. The molecule has 11 heavy (non-hydrogen) atoms. The summed E-state index contributed by atoms with van der Waals surface area (Å²) in [7, 11) is 0. The van der Waals surface area contributed by atoms with Crippen LogP contribution in [-0.2, 0) is 0 Å². The summed E-state index contributed by atoms with van der Waals surface area (Å²) in [5.41, 5.74) is 3.55. The molecule has 0 unspecified atom stereocenters. The van der Waals surface area contributed by atoms with Crippen LogP contribution in [0.15, 0.2) is 24.4 Å². The zero-order chi connectivity index (χ0) is 7.68. The Morgan fingerprint density at radius 2 is 2.27 bits per heavy atom. The van der Waals surface area contributed by atoms with Gasteiger partial charge < -0.3 is 4.84 Å². The standard InChI is InChI=1S/C8H6ClNO/c9-7-2-1-3-8-6(7)4-5-10-11-8/h1-5,10H. The number of fused-ring (bicyclic) bond motifs is 1. The summed E-state index contributed by atoms with van der Waals surface area (Å²) in [6.07, 6.45) is 3.58. The molecule has 0 aliphatic carbocycles. The van der Waals surface area contributed by atoms with Gasteiger partial charge in [0, 0.05) is 11.8 Å². The molecule has 0 amide bonds. The molecule has 0 saturated carbocycles. The zero-order valence-electron chi connectivity index (χ0n) is 5.67. The molecule has 0 radical (unpaired) electrons. The summed E-state index contributed by atoms with van der Waals surface area (Å²) in [5.74, 6) is 0.764. The lowest BCUT2D eigenvalue weighted by molar-refractivity contribution is 0.239. The van der Waals surface area contributed by atoms with Crippen molar-refractivity contribution < 1.29 is 4.84 Å². The van der Waals surface area contributed by atoms with Crippen LogP contribution in [-0.4, -0.2) is 0 Å². The number of hydroxylamine groups is 1. The predicted octanol–water partition coefficient (Wildman–Crippen LogP) is 2.21. The maximum absolute atomic E-state index is 5.88. The van der Waals surface area contributed by atoms with Crippen molar-refractivity contribution >= 4 is 17.7 Å². The molecule has 1 aromatic rings. The first-order valence-electron chi connectivity index (χ1n) is 3.25. The average molecular weight is 168 g/mol. The van der Waals surface area contributed by atoms with Crippen molar-refractivity contribution in [1.29, 1.82) is 0 Å². The predicted molar refractivity (Wildman–Crippen MR) is 44.2 cm³/mol. The molecule has 0 aromatic heterocycles. The quantitative estimate of drug-likeness (QED) is 0.640. The second-order valence-electron chi connectivity index (χ2n) is 2.20. The van der Waals surface area contributed by atoms with Crippen LogP contribution >= 0.6 is 11.6 Å². The first-order chi connectivity index (χ1) is 5.38. The van der Waals surface area contributed by atoms with E-state index >= 15 is 0 Å². The smallest absolute Gasteiger partial charge is 0.163 e. The Morgan fingerprint density at radius 3 is 3.09 bits per heavy atom. The zero-order valence-corrected chi connectivity index (χ0v) is 6.43. The van der Waals surface area contributed by atoms with Crippen molar-refractivity contribution in [2.45, 2.75) is 0 Å². The Balaban J connectivity index is 2.60. The SMILES string of the molecule is Clc1cccc2c1C=CNO2. The molecule has 0 saturated heterocycles. The number of benzene rings is 1. The van der Waals surface area contributed by atoms with Crippen LogP contribution in [0, 0.1) is 0 Å². The van der Waals surface area contributed by atoms with Gasteiger partial charge in [-0.2, -0.15) is 0 Å². The van der Waals surface area contributed by atoms with Gasteiger partial charge in [-0.3, -0.25) is 0 Å². The number of halogens is 1. The third-order valence-electron chi connectivity index (χ3n) is 1.50. The van der Waals surface area contributed by atoms with Crippen molar-refractivity contribution in [1.82, 2.24) is 5.48 Å². The topological polar surface area (TPSA) is 21.3 Å². The Bertz CT molecular complexity index is 309. The van der Waals surface area contributed by atoms with Crippen LogP contribution in [0.1, 0.15) is 5.56 Å². The molecule has 1 N–H and O–H groups in total. The van der Waals surface area contributed by atoms with Crippen LogP contribution in [0.25, 0.3) is 6.08 Å². The maximum atomic E-state index is 5.88. The Kier molecular flexibility index (Phi) is 1.47. The second kappa shape index (κ2) is 2.47. The summed E-state index contributed by atoms with van der Waals surface area (Å²) in [5, 5.41) is 0.709. The van der Waals surface area contributed by atoms with Gasteiger partial charge in [0.25, 0.3) is 0 Å². The van der Waals surface area contributed by atoms with E-state index in [1.54, 1.807) is 6.20 Å². The summed E-state index contributed by atoms with van der Waals surface area (Å²) in [4.78, 5) is 5.08. The molecule has 56 valence electrons. The highest BCUT2D eigenvalue weighted by molar-refractivity contribution is 6.32. The normalized spacial score (nSPS) is 13.2. The molecule has 0 bridgehead atoms. The number of hydrogen-bond donors (Lipinski definition) is 1. The van der Waals surface area contributed by atoms with Gasteiger partial charge in [-0.15, -0.1) is 0 Å². The van der Waals surface area contributed by atoms with Gasteiger partial charge >= 0.3 is 0 Å². The van der Waals surface area contributed by atoms with Gasteiger partial charge in [0.2, 0.25) is 0 Å². The molecule has 2 rings (SSSR count). The fourth-order valence-electron chi connectivity index (χ4n) is 0.983. The van der Waals surface area contributed by atoms with E-state index in [-0.39, 0.29) is 0 Å². The molecule has 1 aliphatic rings. The second-order valence-corrected chi connectivity index (χ2v) is 2.61. The molecule has 2 nitrogen and oxygen atoms in total. The fourth-order valence-corrected chi connectivity index (χ4v) is 1.21. The molecule has 1 aliphatic heterocycles. The highest BCUT2D eigenvalue weighted by atomic mass is 35.5. The van der Waals surface area contributed by atoms with Crippen molar-refractivity contribution in [2.24, 2.45) is 0 Å². The van der Waals surface area contributed by atoms with E-state index in [4.69, 9.17) is 16.4 Å². The van der Waals surface area contributed by atoms with Gasteiger partial charge in [0.15, 0.2) is 5.75 Å².